The topological polar surface area (TPSA) is 37.4 Å². The van der Waals surface area contributed by atoms with Crippen LogP contribution >= 0.6 is 23.8 Å². The van der Waals surface area contributed by atoms with Gasteiger partial charge in [-0.3, -0.25) is 4.98 Å². The number of thiocarbonyl (C=S) groups is 1. The number of ether oxygens (including phenoxy) is 1. The van der Waals surface area contributed by atoms with E-state index in [1.165, 1.54) is 0 Å². The fraction of sp³-hybridized carbons (Fsp3) is 0.333. The molecule has 0 fully saturated rings. The van der Waals surface area contributed by atoms with Crippen molar-refractivity contribution in [2.45, 2.75) is 32.9 Å². The molecule has 1 aromatic carbocycles. The van der Waals surface area contributed by atoms with Gasteiger partial charge in [-0.25, -0.2) is 0 Å². The highest BCUT2D eigenvalue weighted by molar-refractivity contribution is 7.80. The number of halogens is 1. The van der Waals surface area contributed by atoms with E-state index in [0.717, 1.165) is 11.4 Å². The summed E-state index contributed by atoms with van der Waals surface area (Å²) in [7, 11) is 1.59. The minimum absolute atomic E-state index is 0.0555. The molecule has 1 atom stereocenters. The summed E-state index contributed by atoms with van der Waals surface area (Å²) in [5.74, 6) is 0.635. The number of anilines is 1. The van der Waals surface area contributed by atoms with Crippen LogP contribution in [0.25, 0.3) is 0 Å². The van der Waals surface area contributed by atoms with Gasteiger partial charge in [0.25, 0.3) is 0 Å². The van der Waals surface area contributed by atoms with E-state index in [1.807, 2.05) is 30.3 Å². The lowest BCUT2D eigenvalue weighted by Crippen LogP contribution is -2.41. The van der Waals surface area contributed by atoms with Crippen LogP contribution in [0.15, 0.2) is 42.6 Å². The van der Waals surface area contributed by atoms with Gasteiger partial charge in [-0.15, -0.1) is 0 Å². The summed E-state index contributed by atoms with van der Waals surface area (Å²) in [4.78, 5) is 6.56. The van der Waals surface area contributed by atoms with Crippen LogP contribution < -0.4 is 10.1 Å². The maximum Gasteiger partial charge on any atom is 0.174 e. The summed E-state index contributed by atoms with van der Waals surface area (Å²) in [5.41, 5.74) is 1.80. The van der Waals surface area contributed by atoms with E-state index in [1.54, 1.807) is 19.4 Å². The molecule has 0 saturated carbocycles. The molecule has 0 spiro atoms. The van der Waals surface area contributed by atoms with Gasteiger partial charge in [-0.2, -0.15) is 0 Å². The van der Waals surface area contributed by atoms with Gasteiger partial charge in [0, 0.05) is 17.9 Å². The molecule has 24 heavy (non-hydrogen) atoms. The Morgan fingerprint density at radius 2 is 2.00 bits per heavy atom. The van der Waals surface area contributed by atoms with Gasteiger partial charge in [0.1, 0.15) is 5.75 Å². The first-order chi connectivity index (χ1) is 11.4. The number of aromatic nitrogens is 1. The number of nitrogens with zero attached hydrogens (tertiary/aromatic N) is 2. The Morgan fingerprint density at radius 1 is 1.25 bits per heavy atom. The number of rotatable bonds is 5. The van der Waals surface area contributed by atoms with E-state index in [-0.39, 0.29) is 12.1 Å². The predicted octanol–water partition coefficient (Wildman–Crippen LogP) is 4.91. The first-order valence-corrected chi connectivity index (χ1v) is 8.56. The van der Waals surface area contributed by atoms with E-state index in [9.17, 15) is 0 Å². The molecule has 0 amide bonds. The summed E-state index contributed by atoms with van der Waals surface area (Å²) in [6, 6.07) is 11.7. The number of hydrogen-bond donors (Lipinski definition) is 1. The second-order valence-corrected chi connectivity index (χ2v) is 6.50. The number of methoxy groups -OCH3 is 1. The van der Waals surface area contributed by atoms with E-state index in [2.05, 4.69) is 36.0 Å². The second kappa shape index (κ2) is 8.31. The molecule has 1 heterocycles. The summed E-state index contributed by atoms with van der Waals surface area (Å²) in [6.45, 7) is 6.31. The van der Waals surface area contributed by atoms with E-state index in [4.69, 9.17) is 28.6 Å². The van der Waals surface area contributed by atoms with Crippen LogP contribution in [-0.2, 0) is 0 Å². The highest BCUT2D eigenvalue weighted by atomic mass is 35.5. The van der Waals surface area contributed by atoms with Crippen LogP contribution in [-0.4, -0.2) is 28.1 Å². The average molecular weight is 364 g/mol. The molecule has 0 radical (unpaired) electrons. The Bertz CT molecular complexity index is 694. The quantitative estimate of drug-likeness (QED) is 0.764. The van der Waals surface area contributed by atoms with E-state index < -0.39 is 0 Å². The number of pyridine rings is 1. The lowest BCUT2D eigenvalue weighted by molar-refractivity contribution is 0.280. The van der Waals surface area contributed by atoms with Crippen LogP contribution in [0.3, 0.4) is 0 Å². The summed E-state index contributed by atoms with van der Waals surface area (Å²) < 4.78 is 5.18. The van der Waals surface area contributed by atoms with E-state index >= 15 is 0 Å². The lowest BCUT2D eigenvalue weighted by Gasteiger charge is -2.35. The zero-order valence-electron chi connectivity index (χ0n) is 14.3. The third-order valence-electron chi connectivity index (χ3n) is 3.73. The normalized spacial score (nSPS) is 11.9. The van der Waals surface area contributed by atoms with Crippen LogP contribution in [0, 0.1) is 0 Å². The van der Waals surface area contributed by atoms with Gasteiger partial charge >= 0.3 is 0 Å². The molecule has 1 N–H and O–H groups in total. The first-order valence-electron chi connectivity index (χ1n) is 7.77. The molecule has 128 valence electrons. The molecule has 0 aliphatic carbocycles. The Kier molecular flexibility index (Phi) is 6.40. The maximum atomic E-state index is 6.18. The number of hydrogen-bond acceptors (Lipinski definition) is 3. The molecule has 2 rings (SSSR count). The van der Waals surface area contributed by atoms with Crippen molar-refractivity contribution < 1.29 is 4.74 Å². The van der Waals surface area contributed by atoms with Crippen LogP contribution in [0.4, 0.5) is 5.69 Å². The van der Waals surface area contributed by atoms with Crippen molar-refractivity contribution in [3.8, 4) is 5.75 Å². The second-order valence-electron chi connectivity index (χ2n) is 5.71. The van der Waals surface area contributed by atoms with Crippen LogP contribution in [0.1, 0.15) is 32.5 Å². The summed E-state index contributed by atoms with van der Waals surface area (Å²) in [5, 5.41) is 4.43. The molecule has 4 nitrogen and oxygen atoms in total. The molecule has 1 aromatic heterocycles. The van der Waals surface area contributed by atoms with Crippen molar-refractivity contribution in [2.75, 3.05) is 12.4 Å². The molecule has 6 heteroatoms. The van der Waals surface area contributed by atoms with Crippen molar-refractivity contribution in [1.82, 2.24) is 9.88 Å². The van der Waals surface area contributed by atoms with E-state index in [0.29, 0.717) is 15.9 Å². The fourth-order valence-corrected chi connectivity index (χ4v) is 3.30. The van der Waals surface area contributed by atoms with Gasteiger partial charge in [0.15, 0.2) is 5.11 Å². The van der Waals surface area contributed by atoms with Crippen molar-refractivity contribution in [1.29, 1.82) is 0 Å². The molecule has 0 aliphatic heterocycles. The summed E-state index contributed by atoms with van der Waals surface area (Å²) in [6.07, 6.45) is 1.80. The van der Waals surface area contributed by atoms with Gasteiger partial charge in [-0.05, 0) is 63.3 Å². The standard InChI is InChI=1S/C18H22ClN3OS/c1-12(2)22(13(3)16-7-5-6-10-20-16)18(24)21-14-8-9-17(23-4)15(19)11-14/h5-13H,1-4H3,(H,21,24)/t13-/m1/s1. The lowest BCUT2D eigenvalue weighted by atomic mass is 10.1. The number of nitrogens with one attached hydrogen (secondary N) is 1. The molecule has 0 aliphatic rings. The van der Waals surface area contributed by atoms with Crippen LogP contribution in [0.2, 0.25) is 5.02 Å². The smallest absolute Gasteiger partial charge is 0.174 e. The third-order valence-corrected chi connectivity index (χ3v) is 4.34. The van der Waals surface area contributed by atoms with Gasteiger partial charge in [0.05, 0.1) is 23.9 Å². The van der Waals surface area contributed by atoms with Crippen molar-refractivity contribution >= 4 is 34.6 Å². The fourth-order valence-electron chi connectivity index (χ4n) is 2.56. The Hall–Kier alpha value is -1.85. The van der Waals surface area contributed by atoms with Crippen LogP contribution in [0.5, 0.6) is 5.75 Å². The molecule has 0 bridgehead atoms. The van der Waals surface area contributed by atoms with Crippen molar-refractivity contribution in [3.63, 3.8) is 0 Å². The summed E-state index contributed by atoms with van der Waals surface area (Å²) >= 11 is 11.8. The molecular formula is C18H22ClN3OS. The predicted molar refractivity (Wildman–Crippen MR) is 104 cm³/mol. The highest BCUT2D eigenvalue weighted by Crippen LogP contribution is 2.28. The Labute approximate surface area is 153 Å². The van der Waals surface area contributed by atoms with Gasteiger partial charge in [-0.1, -0.05) is 17.7 Å². The van der Waals surface area contributed by atoms with Crippen molar-refractivity contribution in [3.05, 3.63) is 53.3 Å². The Balaban J connectivity index is 2.19. The third kappa shape index (κ3) is 4.36. The molecule has 0 saturated heterocycles. The SMILES string of the molecule is COc1ccc(NC(=S)N(C(C)C)[C@H](C)c2ccccn2)cc1Cl. The average Bonchev–Trinajstić information content (AvgIpc) is 2.55. The minimum Gasteiger partial charge on any atom is -0.495 e. The van der Waals surface area contributed by atoms with Gasteiger partial charge < -0.3 is 15.0 Å². The molecule has 0 unspecified atom stereocenters. The zero-order chi connectivity index (χ0) is 17.7. The first kappa shape index (κ1) is 18.5. The minimum atomic E-state index is 0.0555. The highest BCUT2D eigenvalue weighted by Gasteiger charge is 2.22. The van der Waals surface area contributed by atoms with Crippen molar-refractivity contribution in [2.24, 2.45) is 0 Å². The van der Waals surface area contributed by atoms with Gasteiger partial charge in [0.2, 0.25) is 0 Å². The molecule has 2 aromatic rings. The largest absolute Gasteiger partial charge is 0.495 e. The monoisotopic (exact) mass is 363 g/mol. The Morgan fingerprint density at radius 3 is 2.54 bits per heavy atom. The number of benzene rings is 1. The maximum absolute atomic E-state index is 6.18. The molecular weight excluding hydrogens is 342 g/mol. The zero-order valence-corrected chi connectivity index (χ0v) is 15.9.